The minimum Gasteiger partial charge on any atom is -0.494 e. The van der Waals surface area contributed by atoms with Crippen molar-refractivity contribution in [1.82, 2.24) is 10.6 Å². The van der Waals surface area contributed by atoms with Gasteiger partial charge in [-0.1, -0.05) is 91.8 Å². The Morgan fingerprint density at radius 2 is 1.08 bits per heavy atom. The zero-order valence-electron chi connectivity index (χ0n) is 24.7. The third-order valence-corrected chi connectivity index (χ3v) is 6.75. The molecule has 0 spiro atoms. The van der Waals surface area contributed by atoms with Gasteiger partial charge in [-0.25, -0.2) is 0 Å². The molecule has 0 fully saturated rings. The second-order valence-electron chi connectivity index (χ2n) is 12.6. The lowest BCUT2D eigenvalue weighted by Gasteiger charge is -2.23. The second kappa shape index (κ2) is 12.5. The van der Waals surface area contributed by atoms with Gasteiger partial charge in [0, 0.05) is 11.1 Å². The van der Waals surface area contributed by atoms with E-state index in [1.54, 1.807) is 0 Å². The molecule has 0 saturated carbocycles. The molecule has 208 valence electrons. The molecule has 0 atom stereocenters. The summed E-state index contributed by atoms with van der Waals surface area (Å²) in [7, 11) is 0. The molecule has 0 bridgehead atoms. The van der Waals surface area contributed by atoms with E-state index in [2.05, 4.69) is 66.0 Å². The number of ether oxygens (including phenoxy) is 1. The molecule has 0 aliphatic heterocycles. The highest BCUT2D eigenvalue weighted by Gasteiger charge is 2.21. The maximum atomic E-state index is 13.2. The molecule has 5 nitrogen and oxygen atoms in total. The van der Waals surface area contributed by atoms with Crippen LogP contribution in [0.3, 0.4) is 0 Å². The van der Waals surface area contributed by atoms with Crippen molar-refractivity contribution in [3.05, 3.63) is 101 Å². The largest absolute Gasteiger partial charge is 0.494 e. The van der Waals surface area contributed by atoms with Gasteiger partial charge in [-0.05, 0) is 76.3 Å². The summed E-state index contributed by atoms with van der Waals surface area (Å²) in [6.07, 6.45) is 0.248. The Bertz CT molecular complexity index is 1160. The molecule has 0 unspecified atom stereocenters. The summed E-state index contributed by atoms with van der Waals surface area (Å²) in [4.78, 5) is 26.5. The molecule has 3 aromatic rings. The van der Waals surface area contributed by atoms with Crippen molar-refractivity contribution < 1.29 is 14.3 Å². The zero-order valence-corrected chi connectivity index (χ0v) is 24.7. The summed E-state index contributed by atoms with van der Waals surface area (Å²) in [6.45, 7) is 17.8. The molecule has 3 rings (SSSR count). The Hall–Kier alpha value is -3.60. The van der Waals surface area contributed by atoms with E-state index in [9.17, 15) is 9.59 Å². The Kier molecular flexibility index (Phi) is 9.60. The van der Waals surface area contributed by atoms with Gasteiger partial charge in [-0.15, -0.1) is 0 Å². The Morgan fingerprint density at radius 3 is 1.44 bits per heavy atom. The first-order chi connectivity index (χ1) is 18.2. The first kappa shape index (κ1) is 29.9. The summed E-state index contributed by atoms with van der Waals surface area (Å²) in [5.41, 5.74) is 4.10. The number of hydrogen-bond donors (Lipinski definition) is 2. The monoisotopic (exact) mass is 528 g/mol. The minimum absolute atomic E-state index is 0.00690. The van der Waals surface area contributed by atoms with Gasteiger partial charge in [0.2, 0.25) is 0 Å². The first-order valence-electron chi connectivity index (χ1n) is 13.8. The Morgan fingerprint density at radius 1 is 0.667 bits per heavy atom. The highest BCUT2D eigenvalue weighted by Crippen LogP contribution is 2.24. The van der Waals surface area contributed by atoms with Crippen LogP contribution in [0.25, 0.3) is 0 Å². The Balaban J connectivity index is 1.81. The number of rotatable bonds is 9. The van der Waals surface area contributed by atoms with Crippen molar-refractivity contribution in [3.63, 3.8) is 0 Å². The van der Waals surface area contributed by atoms with Crippen LogP contribution < -0.4 is 15.4 Å². The van der Waals surface area contributed by atoms with Crippen LogP contribution in [-0.4, -0.2) is 18.4 Å². The lowest BCUT2D eigenvalue weighted by Crippen LogP contribution is -2.41. The zero-order chi connectivity index (χ0) is 28.8. The van der Waals surface area contributed by atoms with Crippen LogP contribution in [0.15, 0.2) is 72.8 Å². The summed E-state index contributed by atoms with van der Waals surface area (Å²) in [5, 5.41) is 6.02. The van der Waals surface area contributed by atoms with Crippen LogP contribution in [0.5, 0.6) is 5.75 Å². The average molecular weight is 529 g/mol. The number of amides is 2. The van der Waals surface area contributed by atoms with Gasteiger partial charge in [0.25, 0.3) is 11.8 Å². The normalized spacial score (nSPS) is 11.9. The SMILES string of the molecule is CC(C)CCOc1ccc(C(NC(=O)c2ccc(C(C)(C)C)cc2)NC(=O)c2ccc(C(C)(C)C)cc2)cc1. The van der Waals surface area contributed by atoms with Crippen molar-refractivity contribution in [1.29, 1.82) is 0 Å². The van der Waals surface area contributed by atoms with E-state index < -0.39 is 6.17 Å². The molecule has 0 radical (unpaired) electrons. The molecule has 0 aliphatic carbocycles. The van der Waals surface area contributed by atoms with Gasteiger partial charge in [0.15, 0.2) is 0 Å². The van der Waals surface area contributed by atoms with Crippen LogP contribution in [0.1, 0.15) is 105 Å². The summed E-state index contributed by atoms with van der Waals surface area (Å²) < 4.78 is 5.85. The number of benzene rings is 3. The van der Waals surface area contributed by atoms with Gasteiger partial charge in [0.05, 0.1) is 6.61 Å². The predicted molar refractivity (Wildman–Crippen MR) is 159 cm³/mol. The van der Waals surface area contributed by atoms with E-state index in [1.807, 2.05) is 72.8 Å². The van der Waals surface area contributed by atoms with E-state index in [0.717, 1.165) is 28.9 Å². The minimum atomic E-state index is -0.723. The fourth-order valence-corrected chi connectivity index (χ4v) is 4.04. The molecule has 2 amide bonds. The van der Waals surface area contributed by atoms with Gasteiger partial charge in [0.1, 0.15) is 11.9 Å². The number of hydrogen-bond acceptors (Lipinski definition) is 3. The van der Waals surface area contributed by atoms with Crippen LogP contribution >= 0.6 is 0 Å². The Labute approximate surface area is 234 Å². The quantitative estimate of drug-likeness (QED) is 0.282. The highest BCUT2D eigenvalue weighted by atomic mass is 16.5. The predicted octanol–water partition coefficient (Wildman–Crippen LogP) is 7.57. The molecule has 0 saturated heterocycles. The van der Waals surface area contributed by atoms with Gasteiger partial charge in [-0.3, -0.25) is 9.59 Å². The van der Waals surface area contributed by atoms with Crippen molar-refractivity contribution in [2.75, 3.05) is 6.61 Å². The van der Waals surface area contributed by atoms with Crippen molar-refractivity contribution in [2.45, 2.75) is 78.8 Å². The van der Waals surface area contributed by atoms with E-state index >= 15 is 0 Å². The maximum absolute atomic E-state index is 13.2. The van der Waals surface area contributed by atoms with E-state index in [4.69, 9.17) is 4.74 Å². The van der Waals surface area contributed by atoms with Crippen LogP contribution in [0, 0.1) is 5.92 Å². The van der Waals surface area contributed by atoms with E-state index in [-0.39, 0.29) is 22.6 Å². The van der Waals surface area contributed by atoms with E-state index in [0.29, 0.717) is 23.7 Å². The summed E-state index contributed by atoms with van der Waals surface area (Å²) >= 11 is 0. The second-order valence-corrected chi connectivity index (χ2v) is 12.6. The molecule has 0 aromatic heterocycles. The number of nitrogens with one attached hydrogen (secondary N) is 2. The van der Waals surface area contributed by atoms with Crippen molar-refractivity contribution in [2.24, 2.45) is 5.92 Å². The van der Waals surface area contributed by atoms with E-state index in [1.165, 1.54) is 0 Å². The maximum Gasteiger partial charge on any atom is 0.253 e. The lowest BCUT2D eigenvalue weighted by atomic mass is 9.86. The molecule has 5 heteroatoms. The molecule has 39 heavy (non-hydrogen) atoms. The summed E-state index contributed by atoms with van der Waals surface area (Å²) in [6, 6.07) is 22.7. The molecule has 3 aromatic carbocycles. The van der Waals surface area contributed by atoms with Crippen molar-refractivity contribution in [3.8, 4) is 5.75 Å². The first-order valence-corrected chi connectivity index (χ1v) is 13.8. The lowest BCUT2D eigenvalue weighted by molar-refractivity contribution is 0.0883. The van der Waals surface area contributed by atoms with Crippen LogP contribution in [0.2, 0.25) is 0 Å². The molecular weight excluding hydrogens is 484 g/mol. The van der Waals surface area contributed by atoms with Gasteiger partial charge in [-0.2, -0.15) is 0 Å². The summed E-state index contributed by atoms with van der Waals surface area (Å²) in [5.74, 6) is 0.794. The third-order valence-electron chi connectivity index (χ3n) is 6.75. The fourth-order valence-electron chi connectivity index (χ4n) is 4.04. The standard InChI is InChI=1S/C34H44N2O3/c1-23(2)21-22-39-29-19-13-24(14-20-29)30(35-31(37)25-9-15-27(16-10-25)33(3,4)5)36-32(38)26-11-17-28(18-12-26)34(6,7)8/h9-20,23,30H,21-22H2,1-8H3,(H,35,37)(H,36,38). The smallest absolute Gasteiger partial charge is 0.253 e. The van der Waals surface area contributed by atoms with Crippen molar-refractivity contribution >= 4 is 11.8 Å². The molecular formula is C34H44N2O3. The topological polar surface area (TPSA) is 67.4 Å². The van der Waals surface area contributed by atoms with Gasteiger partial charge >= 0.3 is 0 Å². The highest BCUT2D eigenvalue weighted by molar-refractivity contribution is 5.97. The average Bonchev–Trinajstić information content (AvgIpc) is 2.87. The van der Waals surface area contributed by atoms with Gasteiger partial charge < -0.3 is 15.4 Å². The molecule has 0 heterocycles. The van der Waals surface area contributed by atoms with Crippen LogP contribution in [0.4, 0.5) is 0 Å². The fraction of sp³-hybridized carbons (Fsp3) is 0.412. The van der Waals surface area contributed by atoms with Crippen LogP contribution in [-0.2, 0) is 10.8 Å². The molecule has 0 aliphatic rings. The third kappa shape index (κ3) is 8.71. The number of carbonyl (C=O) groups excluding carboxylic acids is 2. The molecule has 2 N–H and O–H groups in total. The number of carbonyl (C=O) groups is 2.